The Kier molecular flexibility index (Phi) is 5.63. The summed E-state index contributed by atoms with van der Waals surface area (Å²) in [7, 11) is 1.25. The number of esters is 1. The molecule has 7 nitrogen and oxygen atoms in total. The number of piperidine rings is 1. The largest absolute Gasteiger partial charge is 0.468 e. The number of benzene rings is 1. The quantitative estimate of drug-likeness (QED) is 0.581. The standard InChI is InChI=1S/C21H25N3O4/c1-13-18(15(3)25)20(26)19(21(27)28-4)14(2)24(13)17-10-11-23(22-17)12-16-8-6-5-7-9-16/h5-11,13-14,18-19H,12H2,1-4H3. The van der Waals surface area contributed by atoms with Crippen LogP contribution >= 0.6 is 0 Å². The van der Waals surface area contributed by atoms with E-state index in [4.69, 9.17) is 4.74 Å². The summed E-state index contributed by atoms with van der Waals surface area (Å²) in [6, 6.07) is 10.9. The Balaban J connectivity index is 1.93. The van der Waals surface area contributed by atoms with Gasteiger partial charge in [-0.15, -0.1) is 0 Å². The molecule has 0 radical (unpaired) electrons. The average Bonchev–Trinajstić information content (AvgIpc) is 3.09. The van der Waals surface area contributed by atoms with Crippen molar-refractivity contribution in [1.82, 2.24) is 9.78 Å². The van der Waals surface area contributed by atoms with Crippen LogP contribution in [0.4, 0.5) is 5.82 Å². The molecule has 0 aliphatic carbocycles. The highest BCUT2D eigenvalue weighted by atomic mass is 16.5. The first kappa shape index (κ1) is 19.8. The monoisotopic (exact) mass is 383 g/mol. The Morgan fingerprint density at radius 3 is 2.32 bits per heavy atom. The smallest absolute Gasteiger partial charge is 0.318 e. The minimum absolute atomic E-state index is 0.257. The Hall–Kier alpha value is -2.96. The highest BCUT2D eigenvalue weighted by molar-refractivity contribution is 6.12. The van der Waals surface area contributed by atoms with Crippen LogP contribution in [0.1, 0.15) is 26.3 Å². The first-order valence-electron chi connectivity index (χ1n) is 9.33. The van der Waals surface area contributed by atoms with Crippen LogP contribution in [0.2, 0.25) is 0 Å². The first-order valence-corrected chi connectivity index (χ1v) is 9.33. The van der Waals surface area contributed by atoms with E-state index in [1.54, 1.807) is 11.6 Å². The number of aromatic nitrogens is 2. The van der Waals surface area contributed by atoms with Crippen molar-refractivity contribution >= 4 is 23.4 Å². The zero-order valence-corrected chi connectivity index (χ0v) is 16.5. The van der Waals surface area contributed by atoms with E-state index >= 15 is 0 Å². The molecule has 2 aromatic rings. The fourth-order valence-electron chi connectivity index (χ4n) is 4.11. The summed E-state index contributed by atoms with van der Waals surface area (Å²) in [5.74, 6) is -2.53. The van der Waals surface area contributed by atoms with Gasteiger partial charge in [-0.25, -0.2) is 0 Å². The van der Waals surface area contributed by atoms with Gasteiger partial charge in [0.05, 0.1) is 19.6 Å². The van der Waals surface area contributed by atoms with Gasteiger partial charge < -0.3 is 9.64 Å². The van der Waals surface area contributed by atoms with E-state index in [-0.39, 0.29) is 11.6 Å². The van der Waals surface area contributed by atoms with Crippen LogP contribution < -0.4 is 4.90 Å². The molecule has 0 saturated carbocycles. The molecule has 3 rings (SSSR count). The fraction of sp³-hybridized carbons (Fsp3) is 0.429. The number of carbonyl (C=O) groups excluding carboxylic acids is 3. The maximum absolute atomic E-state index is 12.8. The van der Waals surface area contributed by atoms with Crippen LogP contribution in [0.15, 0.2) is 42.6 Å². The van der Waals surface area contributed by atoms with Crippen molar-refractivity contribution in [3.63, 3.8) is 0 Å². The molecular formula is C21H25N3O4. The SMILES string of the molecule is COC(=O)C1C(=O)C(C(C)=O)C(C)N(c2ccn(Cc3ccccc3)n2)C1C. The zero-order valence-electron chi connectivity index (χ0n) is 16.5. The lowest BCUT2D eigenvalue weighted by Gasteiger charge is -2.45. The molecule has 148 valence electrons. The lowest BCUT2D eigenvalue weighted by molar-refractivity contribution is -0.153. The lowest BCUT2D eigenvalue weighted by atomic mass is 9.76. The maximum Gasteiger partial charge on any atom is 0.318 e. The summed E-state index contributed by atoms with van der Waals surface area (Å²) >= 11 is 0. The first-order chi connectivity index (χ1) is 13.3. The second-order valence-corrected chi connectivity index (χ2v) is 7.24. The summed E-state index contributed by atoms with van der Waals surface area (Å²) in [6.45, 7) is 5.61. The van der Waals surface area contributed by atoms with E-state index in [2.05, 4.69) is 5.10 Å². The van der Waals surface area contributed by atoms with Crippen LogP contribution in [0, 0.1) is 11.8 Å². The molecule has 4 atom stereocenters. The normalized spacial score (nSPS) is 24.9. The number of nitrogens with zero attached hydrogens (tertiary/aromatic N) is 3. The molecule has 0 amide bonds. The summed E-state index contributed by atoms with van der Waals surface area (Å²) in [6.07, 6.45) is 1.86. The Morgan fingerprint density at radius 1 is 1.07 bits per heavy atom. The summed E-state index contributed by atoms with van der Waals surface area (Å²) in [4.78, 5) is 39.2. The number of hydrogen-bond acceptors (Lipinski definition) is 6. The van der Waals surface area contributed by atoms with E-state index in [0.29, 0.717) is 12.4 Å². The van der Waals surface area contributed by atoms with Gasteiger partial charge >= 0.3 is 5.97 Å². The highest BCUT2D eigenvalue weighted by Gasteiger charge is 2.51. The fourth-order valence-corrected chi connectivity index (χ4v) is 4.11. The second-order valence-electron chi connectivity index (χ2n) is 7.24. The maximum atomic E-state index is 12.8. The van der Waals surface area contributed by atoms with Crippen molar-refractivity contribution in [2.45, 2.75) is 39.4 Å². The number of ketones is 2. The van der Waals surface area contributed by atoms with Gasteiger partial charge in [0.1, 0.15) is 11.7 Å². The molecule has 1 saturated heterocycles. The Morgan fingerprint density at radius 2 is 1.71 bits per heavy atom. The van der Waals surface area contributed by atoms with Crippen molar-refractivity contribution in [2.24, 2.45) is 11.8 Å². The molecule has 1 aromatic carbocycles. The summed E-state index contributed by atoms with van der Waals surface area (Å²) in [5, 5.41) is 4.64. The molecule has 0 N–H and O–H groups in total. The molecule has 0 spiro atoms. The number of rotatable bonds is 5. The van der Waals surface area contributed by atoms with Crippen molar-refractivity contribution < 1.29 is 19.1 Å². The van der Waals surface area contributed by atoms with Gasteiger partial charge in [0, 0.05) is 24.3 Å². The molecular weight excluding hydrogens is 358 g/mol. The predicted octanol–water partition coefficient (Wildman–Crippen LogP) is 2.09. The average molecular weight is 383 g/mol. The third-order valence-electron chi connectivity index (χ3n) is 5.43. The summed E-state index contributed by atoms with van der Waals surface area (Å²) in [5.41, 5.74) is 1.11. The predicted molar refractivity (Wildman–Crippen MR) is 104 cm³/mol. The van der Waals surface area contributed by atoms with Gasteiger partial charge in [0.25, 0.3) is 0 Å². The van der Waals surface area contributed by atoms with E-state index in [1.807, 2.05) is 54.4 Å². The number of Topliss-reactive ketones (excluding diaryl/α,β-unsaturated/α-hetero) is 2. The van der Waals surface area contributed by atoms with Gasteiger partial charge in [-0.3, -0.25) is 19.1 Å². The molecule has 28 heavy (non-hydrogen) atoms. The minimum atomic E-state index is -1.02. The number of carbonyl (C=O) groups is 3. The van der Waals surface area contributed by atoms with Crippen LogP contribution in [0.5, 0.6) is 0 Å². The van der Waals surface area contributed by atoms with Gasteiger partial charge in [0.15, 0.2) is 11.6 Å². The molecule has 1 aliphatic rings. The van der Waals surface area contributed by atoms with Crippen LogP contribution in [-0.4, -0.2) is 46.5 Å². The van der Waals surface area contributed by atoms with Crippen molar-refractivity contribution in [3.05, 3.63) is 48.2 Å². The Labute approximate surface area is 164 Å². The molecule has 0 bridgehead atoms. The van der Waals surface area contributed by atoms with Gasteiger partial charge in [-0.2, -0.15) is 5.10 Å². The van der Waals surface area contributed by atoms with E-state index < -0.39 is 29.9 Å². The third kappa shape index (κ3) is 3.56. The molecule has 1 aliphatic heterocycles. The number of methoxy groups -OCH3 is 1. The summed E-state index contributed by atoms with van der Waals surface area (Å²) < 4.78 is 6.64. The number of anilines is 1. The number of ether oxygens (including phenoxy) is 1. The molecule has 4 unspecified atom stereocenters. The van der Waals surface area contributed by atoms with Gasteiger partial charge in [0.2, 0.25) is 0 Å². The van der Waals surface area contributed by atoms with Crippen molar-refractivity contribution in [3.8, 4) is 0 Å². The van der Waals surface area contributed by atoms with Crippen LogP contribution in [-0.2, 0) is 25.7 Å². The van der Waals surface area contributed by atoms with Crippen molar-refractivity contribution in [1.29, 1.82) is 0 Å². The Bertz CT molecular complexity index is 877. The molecule has 7 heteroatoms. The van der Waals surface area contributed by atoms with Gasteiger partial charge in [-0.05, 0) is 26.3 Å². The van der Waals surface area contributed by atoms with E-state index in [9.17, 15) is 14.4 Å². The molecule has 1 aromatic heterocycles. The molecule has 2 heterocycles. The van der Waals surface area contributed by atoms with Gasteiger partial charge in [-0.1, -0.05) is 30.3 Å². The van der Waals surface area contributed by atoms with E-state index in [0.717, 1.165) is 5.56 Å². The van der Waals surface area contributed by atoms with Crippen LogP contribution in [0.3, 0.4) is 0 Å². The second kappa shape index (κ2) is 7.96. The molecule has 1 fully saturated rings. The third-order valence-corrected chi connectivity index (χ3v) is 5.43. The number of hydrogen-bond donors (Lipinski definition) is 0. The zero-order chi connectivity index (χ0) is 20.4. The van der Waals surface area contributed by atoms with E-state index in [1.165, 1.54) is 14.0 Å². The van der Waals surface area contributed by atoms with Crippen molar-refractivity contribution in [2.75, 3.05) is 12.0 Å². The van der Waals surface area contributed by atoms with Crippen LogP contribution in [0.25, 0.3) is 0 Å². The highest BCUT2D eigenvalue weighted by Crippen LogP contribution is 2.34. The minimum Gasteiger partial charge on any atom is -0.468 e. The lowest BCUT2D eigenvalue weighted by Crippen LogP contribution is -2.61. The topological polar surface area (TPSA) is 81.5 Å².